The molecule has 2 atom stereocenters. The molecule has 9 heteroatoms. The topological polar surface area (TPSA) is 97.3 Å². The Kier molecular flexibility index (Phi) is 4.51. The number of rotatable bonds is 3. The van der Waals surface area contributed by atoms with E-state index in [2.05, 4.69) is 10.1 Å². The summed E-state index contributed by atoms with van der Waals surface area (Å²) in [5, 5.41) is 3.94. The molecule has 0 aliphatic carbocycles. The van der Waals surface area contributed by atoms with E-state index in [-0.39, 0.29) is 42.0 Å². The average molecular weight is 372 g/mol. The van der Waals surface area contributed by atoms with Crippen LogP contribution in [0.3, 0.4) is 0 Å². The number of nitrogens with two attached hydrogens (primary N) is 1. The van der Waals surface area contributed by atoms with Crippen LogP contribution in [-0.2, 0) is 11.3 Å². The van der Waals surface area contributed by atoms with Gasteiger partial charge in [-0.15, -0.1) is 5.10 Å². The number of fused-ring (bicyclic) bond motifs is 2. The van der Waals surface area contributed by atoms with Crippen LogP contribution < -0.4 is 5.73 Å². The molecular formula is C18H21FN6O2. The molecule has 2 aliphatic heterocycles. The van der Waals surface area contributed by atoms with Crippen LogP contribution in [0, 0.1) is 5.82 Å². The van der Waals surface area contributed by atoms with Gasteiger partial charge in [0, 0.05) is 25.2 Å². The molecule has 0 radical (unpaired) electrons. The van der Waals surface area contributed by atoms with E-state index >= 15 is 0 Å². The Morgan fingerprint density at radius 1 is 1.19 bits per heavy atom. The highest BCUT2D eigenvalue weighted by Gasteiger charge is 2.42. The predicted octanol–water partition coefficient (Wildman–Crippen LogP) is 0.905. The fraction of sp³-hybridized carbons (Fsp3) is 0.444. The van der Waals surface area contributed by atoms with Crippen LogP contribution in [-0.4, -0.2) is 61.6 Å². The van der Waals surface area contributed by atoms with Crippen LogP contribution in [0.4, 0.5) is 10.3 Å². The third-order valence-electron chi connectivity index (χ3n) is 5.27. The van der Waals surface area contributed by atoms with Crippen LogP contribution >= 0.6 is 0 Å². The van der Waals surface area contributed by atoms with Gasteiger partial charge in [-0.2, -0.15) is 0 Å². The van der Waals surface area contributed by atoms with E-state index in [1.54, 1.807) is 21.9 Å². The predicted molar refractivity (Wildman–Crippen MR) is 95.0 cm³/mol. The van der Waals surface area contributed by atoms with Gasteiger partial charge in [-0.1, -0.05) is 12.1 Å². The summed E-state index contributed by atoms with van der Waals surface area (Å²) in [6, 6.07) is 5.84. The fourth-order valence-electron chi connectivity index (χ4n) is 4.04. The SMILES string of the molecule is Nc1ncn(CC(=O)N2CC3CCCC(C2)N3C(=O)c2ccccc2F)n1. The zero-order valence-electron chi connectivity index (χ0n) is 14.8. The summed E-state index contributed by atoms with van der Waals surface area (Å²) in [5.41, 5.74) is 5.57. The van der Waals surface area contributed by atoms with Crippen molar-refractivity contribution in [1.29, 1.82) is 0 Å². The van der Waals surface area contributed by atoms with Crippen molar-refractivity contribution in [2.45, 2.75) is 37.9 Å². The average Bonchev–Trinajstić information content (AvgIpc) is 3.05. The lowest BCUT2D eigenvalue weighted by Crippen LogP contribution is -2.63. The number of halogens is 1. The molecule has 4 rings (SSSR count). The number of likely N-dealkylation sites (tertiary alicyclic amines) is 1. The number of hydrogen-bond acceptors (Lipinski definition) is 5. The molecule has 2 fully saturated rings. The highest BCUT2D eigenvalue weighted by atomic mass is 19.1. The highest BCUT2D eigenvalue weighted by Crippen LogP contribution is 2.30. The van der Waals surface area contributed by atoms with Crippen molar-refractivity contribution >= 4 is 17.8 Å². The minimum Gasteiger partial charge on any atom is -0.367 e. The Hall–Kier alpha value is -2.97. The van der Waals surface area contributed by atoms with Crippen LogP contribution in [0.5, 0.6) is 0 Å². The molecule has 2 amide bonds. The Bertz CT molecular complexity index is 855. The van der Waals surface area contributed by atoms with Crippen molar-refractivity contribution in [3.8, 4) is 0 Å². The van der Waals surface area contributed by atoms with Gasteiger partial charge in [-0.05, 0) is 31.4 Å². The third kappa shape index (κ3) is 3.36. The molecule has 2 bridgehead atoms. The number of piperazine rings is 1. The largest absolute Gasteiger partial charge is 0.367 e. The second-order valence-corrected chi connectivity index (χ2v) is 7.03. The Morgan fingerprint density at radius 3 is 2.52 bits per heavy atom. The molecule has 3 heterocycles. The molecule has 0 saturated carbocycles. The molecular weight excluding hydrogens is 351 g/mol. The first kappa shape index (κ1) is 17.4. The van der Waals surface area contributed by atoms with Crippen molar-refractivity contribution in [2.75, 3.05) is 18.8 Å². The van der Waals surface area contributed by atoms with E-state index in [4.69, 9.17) is 5.73 Å². The zero-order chi connectivity index (χ0) is 19.0. The number of hydrogen-bond donors (Lipinski definition) is 1. The van der Waals surface area contributed by atoms with Gasteiger partial charge >= 0.3 is 0 Å². The van der Waals surface area contributed by atoms with Gasteiger partial charge < -0.3 is 15.5 Å². The van der Waals surface area contributed by atoms with Gasteiger partial charge in [0.15, 0.2) is 0 Å². The van der Waals surface area contributed by atoms with Crippen molar-refractivity contribution < 1.29 is 14.0 Å². The quantitative estimate of drug-likeness (QED) is 0.864. The van der Waals surface area contributed by atoms with Crippen molar-refractivity contribution in [2.24, 2.45) is 0 Å². The van der Waals surface area contributed by atoms with Crippen molar-refractivity contribution in [1.82, 2.24) is 24.6 Å². The Balaban J connectivity index is 1.50. The molecule has 2 N–H and O–H groups in total. The molecule has 8 nitrogen and oxygen atoms in total. The fourth-order valence-corrected chi connectivity index (χ4v) is 4.04. The molecule has 142 valence electrons. The minimum atomic E-state index is -0.511. The lowest BCUT2D eigenvalue weighted by molar-refractivity contribution is -0.137. The number of nitrogens with zero attached hydrogens (tertiary/aromatic N) is 5. The second kappa shape index (κ2) is 6.98. The first-order valence-electron chi connectivity index (χ1n) is 9.03. The first-order valence-corrected chi connectivity index (χ1v) is 9.03. The van der Waals surface area contributed by atoms with Gasteiger partial charge in [-0.25, -0.2) is 14.1 Å². The van der Waals surface area contributed by atoms with Gasteiger partial charge in [0.05, 0.1) is 5.56 Å². The summed E-state index contributed by atoms with van der Waals surface area (Å²) in [5.74, 6) is -0.767. The van der Waals surface area contributed by atoms with Crippen LogP contribution in [0.1, 0.15) is 29.6 Å². The van der Waals surface area contributed by atoms with Gasteiger partial charge in [0.2, 0.25) is 11.9 Å². The lowest BCUT2D eigenvalue weighted by atomic mass is 9.90. The molecule has 1 aromatic carbocycles. The number of carbonyl (C=O) groups excluding carboxylic acids is 2. The molecule has 2 aliphatic rings. The molecule has 1 aromatic heterocycles. The van der Waals surface area contributed by atoms with E-state index in [1.807, 2.05) is 0 Å². The standard InChI is InChI=1S/C18H21FN6O2/c19-15-7-2-1-6-14(15)17(27)25-12-4-3-5-13(25)9-23(8-12)16(26)10-24-11-21-18(20)22-24/h1-2,6-7,11-13H,3-5,8-10H2,(H2,20,22). The smallest absolute Gasteiger partial charge is 0.257 e. The number of nitrogen functional groups attached to an aromatic ring is 1. The second-order valence-electron chi connectivity index (χ2n) is 7.03. The van der Waals surface area contributed by atoms with E-state index in [9.17, 15) is 14.0 Å². The normalized spacial score (nSPS) is 22.0. The van der Waals surface area contributed by atoms with Gasteiger partial charge in [0.25, 0.3) is 5.91 Å². The number of aromatic nitrogens is 3. The van der Waals surface area contributed by atoms with Crippen LogP contribution in [0.25, 0.3) is 0 Å². The van der Waals surface area contributed by atoms with Gasteiger partial charge in [-0.3, -0.25) is 9.59 Å². The summed E-state index contributed by atoms with van der Waals surface area (Å²) < 4.78 is 15.5. The summed E-state index contributed by atoms with van der Waals surface area (Å²) in [4.78, 5) is 33.0. The van der Waals surface area contributed by atoms with Crippen LogP contribution in [0.15, 0.2) is 30.6 Å². The first-order chi connectivity index (χ1) is 13.0. The molecule has 2 unspecified atom stereocenters. The van der Waals surface area contributed by atoms with Gasteiger partial charge in [0.1, 0.15) is 18.7 Å². The minimum absolute atomic E-state index is 0.0604. The molecule has 0 spiro atoms. The zero-order valence-corrected chi connectivity index (χ0v) is 14.8. The maximum absolute atomic E-state index is 14.1. The summed E-state index contributed by atoms with van der Waals surface area (Å²) in [7, 11) is 0. The van der Waals surface area contributed by atoms with Crippen molar-refractivity contribution in [3.63, 3.8) is 0 Å². The number of amides is 2. The highest BCUT2D eigenvalue weighted by molar-refractivity contribution is 5.95. The number of anilines is 1. The Morgan fingerprint density at radius 2 is 1.89 bits per heavy atom. The maximum atomic E-state index is 14.1. The number of piperidine rings is 1. The summed E-state index contributed by atoms with van der Waals surface area (Å²) >= 11 is 0. The Labute approximate surface area is 155 Å². The van der Waals surface area contributed by atoms with Crippen molar-refractivity contribution in [3.05, 3.63) is 42.0 Å². The number of benzene rings is 1. The van der Waals surface area contributed by atoms with E-state index in [1.165, 1.54) is 23.1 Å². The van der Waals surface area contributed by atoms with E-state index in [0.717, 1.165) is 19.3 Å². The summed E-state index contributed by atoms with van der Waals surface area (Å²) in [6.07, 6.45) is 4.03. The number of carbonyl (C=O) groups is 2. The molecule has 2 saturated heterocycles. The monoisotopic (exact) mass is 372 g/mol. The molecule has 27 heavy (non-hydrogen) atoms. The lowest BCUT2D eigenvalue weighted by Gasteiger charge is -2.50. The van der Waals surface area contributed by atoms with E-state index in [0.29, 0.717) is 13.1 Å². The third-order valence-corrected chi connectivity index (χ3v) is 5.27. The van der Waals surface area contributed by atoms with Crippen LogP contribution in [0.2, 0.25) is 0 Å². The van der Waals surface area contributed by atoms with E-state index < -0.39 is 5.82 Å². The summed E-state index contributed by atoms with van der Waals surface area (Å²) in [6.45, 7) is 0.949. The molecule has 2 aromatic rings. The maximum Gasteiger partial charge on any atom is 0.257 e.